The van der Waals surface area contributed by atoms with Crippen LogP contribution in [-0.4, -0.2) is 31.5 Å². The maximum absolute atomic E-state index is 13.2. The molecule has 0 aromatic heterocycles. The highest BCUT2D eigenvalue weighted by atomic mass is 19.1. The van der Waals surface area contributed by atoms with Crippen molar-refractivity contribution in [1.29, 1.82) is 0 Å². The van der Waals surface area contributed by atoms with Crippen LogP contribution in [0.1, 0.15) is 12.0 Å². The molecule has 1 aromatic rings. The Labute approximate surface area is 99.4 Å². The fourth-order valence-corrected chi connectivity index (χ4v) is 1.35. The van der Waals surface area contributed by atoms with Gasteiger partial charge in [0.05, 0.1) is 13.2 Å². The summed E-state index contributed by atoms with van der Waals surface area (Å²) < 4.78 is 30.9. The third kappa shape index (κ3) is 5.72. The highest BCUT2D eigenvalue weighted by Crippen LogP contribution is 2.08. The predicted octanol–water partition coefficient (Wildman–Crippen LogP) is 1.45. The van der Waals surface area contributed by atoms with Crippen molar-refractivity contribution in [1.82, 2.24) is 5.32 Å². The molecule has 0 atom stereocenters. The number of aliphatic hydroxyl groups excluding tert-OH is 1. The molecule has 0 saturated carbocycles. The van der Waals surface area contributed by atoms with E-state index in [1.165, 1.54) is 12.1 Å². The third-order valence-electron chi connectivity index (χ3n) is 2.21. The van der Waals surface area contributed by atoms with E-state index >= 15 is 0 Å². The van der Waals surface area contributed by atoms with Crippen molar-refractivity contribution in [2.24, 2.45) is 0 Å². The van der Waals surface area contributed by atoms with Gasteiger partial charge in [0.25, 0.3) is 0 Å². The summed E-state index contributed by atoms with van der Waals surface area (Å²) in [5.41, 5.74) is 0.447. The first-order valence-corrected chi connectivity index (χ1v) is 5.57. The molecule has 0 radical (unpaired) electrons. The largest absolute Gasteiger partial charge is 0.394 e. The summed E-state index contributed by atoms with van der Waals surface area (Å²) in [6.45, 7) is 1.97. The molecular formula is C12H17F2NO2. The Kier molecular flexibility index (Phi) is 6.69. The Hall–Kier alpha value is -1.04. The van der Waals surface area contributed by atoms with Crippen LogP contribution in [0.25, 0.3) is 0 Å². The van der Waals surface area contributed by atoms with E-state index in [0.717, 1.165) is 12.5 Å². The van der Waals surface area contributed by atoms with E-state index in [1.807, 2.05) is 0 Å². The number of hydrogen-bond acceptors (Lipinski definition) is 3. The van der Waals surface area contributed by atoms with Gasteiger partial charge in [0.1, 0.15) is 11.6 Å². The summed E-state index contributed by atoms with van der Waals surface area (Å²) in [7, 11) is 0. The van der Waals surface area contributed by atoms with Gasteiger partial charge in [-0.2, -0.15) is 0 Å². The zero-order chi connectivity index (χ0) is 12.5. The lowest BCUT2D eigenvalue weighted by Gasteiger charge is -2.06. The van der Waals surface area contributed by atoms with Crippen molar-refractivity contribution in [3.63, 3.8) is 0 Å². The summed E-state index contributed by atoms with van der Waals surface area (Å²) in [5.74, 6) is -1.10. The van der Waals surface area contributed by atoms with Gasteiger partial charge in [0.2, 0.25) is 0 Å². The van der Waals surface area contributed by atoms with Crippen molar-refractivity contribution >= 4 is 0 Å². The van der Waals surface area contributed by atoms with E-state index in [-0.39, 0.29) is 6.61 Å². The number of rotatable bonds is 8. The lowest BCUT2D eigenvalue weighted by molar-refractivity contribution is 0.0907. The van der Waals surface area contributed by atoms with Gasteiger partial charge in [0, 0.05) is 24.8 Å². The molecule has 5 heteroatoms. The molecular weight excluding hydrogens is 228 g/mol. The molecule has 0 aliphatic heterocycles. The van der Waals surface area contributed by atoms with Crippen LogP contribution in [0.5, 0.6) is 0 Å². The Morgan fingerprint density at radius 2 is 2.06 bits per heavy atom. The molecule has 0 saturated heterocycles. The summed E-state index contributed by atoms with van der Waals surface area (Å²) >= 11 is 0. The average Bonchev–Trinajstić information content (AvgIpc) is 2.30. The van der Waals surface area contributed by atoms with E-state index in [9.17, 15) is 8.78 Å². The van der Waals surface area contributed by atoms with Gasteiger partial charge in [-0.05, 0) is 19.0 Å². The maximum Gasteiger partial charge on any atom is 0.130 e. The lowest BCUT2D eigenvalue weighted by atomic mass is 10.2. The molecule has 1 aromatic carbocycles. The minimum atomic E-state index is -0.566. The first kappa shape index (κ1) is 14.0. The van der Waals surface area contributed by atoms with Crippen molar-refractivity contribution in [3.05, 3.63) is 35.4 Å². The van der Waals surface area contributed by atoms with E-state index in [2.05, 4.69) is 5.32 Å². The molecule has 0 spiro atoms. The molecule has 0 aliphatic carbocycles. The SMILES string of the molecule is OCCOCCCNCc1ccc(F)cc1F. The number of hydrogen-bond donors (Lipinski definition) is 2. The highest BCUT2D eigenvalue weighted by Gasteiger charge is 2.02. The summed E-state index contributed by atoms with van der Waals surface area (Å²) in [6.07, 6.45) is 0.781. The van der Waals surface area contributed by atoms with Crippen LogP contribution < -0.4 is 5.32 Å². The Bertz CT molecular complexity index is 334. The monoisotopic (exact) mass is 245 g/mol. The molecule has 2 N–H and O–H groups in total. The van der Waals surface area contributed by atoms with Gasteiger partial charge in [-0.15, -0.1) is 0 Å². The van der Waals surface area contributed by atoms with Crippen molar-refractivity contribution < 1.29 is 18.6 Å². The van der Waals surface area contributed by atoms with Gasteiger partial charge >= 0.3 is 0 Å². The average molecular weight is 245 g/mol. The molecule has 0 unspecified atom stereocenters. The molecule has 3 nitrogen and oxygen atoms in total. The molecule has 0 amide bonds. The zero-order valence-electron chi connectivity index (χ0n) is 9.59. The fourth-order valence-electron chi connectivity index (χ4n) is 1.35. The fraction of sp³-hybridized carbons (Fsp3) is 0.500. The lowest BCUT2D eigenvalue weighted by Crippen LogP contribution is -2.17. The van der Waals surface area contributed by atoms with E-state index < -0.39 is 11.6 Å². The minimum absolute atomic E-state index is 0.0220. The molecule has 0 aliphatic rings. The predicted molar refractivity (Wildman–Crippen MR) is 60.6 cm³/mol. The number of benzene rings is 1. The van der Waals surface area contributed by atoms with Gasteiger partial charge < -0.3 is 15.2 Å². The van der Waals surface area contributed by atoms with Crippen LogP contribution in [0.4, 0.5) is 8.78 Å². The second-order valence-corrected chi connectivity index (χ2v) is 3.60. The number of ether oxygens (including phenoxy) is 1. The van der Waals surface area contributed by atoms with Gasteiger partial charge in [-0.3, -0.25) is 0 Å². The second-order valence-electron chi connectivity index (χ2n) is 3.60. The third-order valence-corrected chi connectivity index (χ3v) is 2.21. The zero-order valence-corrected chi connectivity index (χ0v) is 9.59. The second kappa shape index (κ2) is 8.11. The Morgan fingerprint density at radius 1 is 1.24 bits per heavy atom. The molecule has 96 valence electrons. The van der Waals surface area contributed by atoms with E-state index in [4.69, 9.17) is 9.84 Å². The Balaban J connectivity index is 2.14. The van der Waals surface area contributed by atoms with Crippen LogP contribution >= 0.6 is 0 Å². The smallest absolute Gasteiger partial charge is 0.130 e. The number of nitrogens with one attached hydrogen (secondary N) is 1. The van der Waals surface area contributed by atoms with Gasteiger partial charge in [-0.1, -0.05) is 6.07 Å². The van der Waals surface area contributed by atoms with Crippen molar-refractivity contribution in [3.8, 4) is 0 Å². The van der Waals surface area contributed by atoms with E-state index in [1.54, 1.807) is 0 Å². The van der Waals surface area contributed by atoms with Crippen LogP contribution in [0.15, 0.2) is 18.2 Å². The quantitative estimate of drug-likeness (QED) is 0.681. The normalized spacial score (nSPS) is 10.8. The van der Waals surface area contributed by atoms with Crippen LogP contribution in [0, 0.1) is 11.6 Å². The van der Waals surface area contributed by atoms with Crippen LogP contribution in [-0.2, 0) is 11.3 Å². The highest BCUT2D eigenvalue weighted by molar-refractivity contribution is 5.18. The molecule has 0 heterocycles. The summed E-state index contributed by atoms with van der Waals surface area (Å²) in [5, 5.41) is 11.5. The van der Waals surface area contributed by atoms with Gasteiger partial charge in [0.15, 0.2) is 0 Å². The van der Waals surface area contributed by atoms with Crippen molar-refractivity contribution in [2.45, 2.75) is 13.0 Å². The standard InChI is InChI=1S/C12H17F2NO2/c13-11-3-2-10(12(14)8-11)9-15-4-1-6-17-7-5-16/h2-3,8,15-16H,1,4-7,9H2. The van der Waals surface area contributed by atoms with E-state index in [0.29, 0.717) is 31.9 Å². The number of aliphatic hydroxyl groups is 1. The molecule has 0 fully saturated rings. The minimum Gasteiger partial charge on any atom is -0.394 e. The number of halogens is 2. The molecule has 0 bridgehead atoms. The van der Waals surface area contributed by atoms with Crippen LogP contribution in [0.3, 0.4) is 0 Å². The first-order valence-electron chi connectivity index (χ1n) is 5.57. The Morgan fingerprint density at radius 3 is 2.76 bits per heavy atom. The van der Waals surface area contributed by atoms with Crippen LogP contribution in [0.2, 0.25) is 0 Å². The van der Waals surface area contributed by atoms with Gasteiger partial charge in [-0.25, -0.2) is 8.78 Å². The topological polar surface area (TPSA) is 41.5 Å². The van der Waals surface area contributed by atoms with Crippen molar-refractivity contribution in [2.75, 3.05) is 26.4 Å². The molecule has 17 heavy (non-hydrogen) atoms. The first-order chi connectivity index (χ1) is 8.24. The maximum atomic E-state index is 13.2. The molecule has 1 rings (SSSR count). The summed E-state index contributed by atoms with van der Waals surface area (Å²) in [4.78, 5) is 0. The summed E-state index contributed by atoms with van der Waals surface area (Å²) in [6, 6.07) is 3.55.